The van der Waals surface area contributed by atoms with E-state index in [-0.39, 0.29) is 10.1 Å². The van der Waals surface area contributed by atoms with Crippen molar-refractivity contribution in [3.05, 3.63) is 51.9 Å². The van der Waals surface area contributed by atoms with Gasteiger partial charge in [-0.2, -0.15) is 4.31 Å². The summed E-state index contributed by atoms with van der Waals surface area (Å²) in [6.07, 6.45) is 2.40. The van der Waals surface area contributed by atoms with Crippen LogP contribution in [-0.2, 0) is 16.4 Å². The van der Waals surface area contributed by atoms with E-state index in [1.165, 1.54) is 10.4 Å². The van der Waals surface area contributed by atoms with Crippen LogP contribution < -0.4 is 5.32 Å². The van der Waals surface area contributed by atoms with Gasteiger partial charge in [0.25, 0.3) is 15.9 Å². The van der Waals surface area contributed by atoms with Crippen molar-refractivity contribution >= 4 is 38.9 Å². The Labute approximate surface area is 156 Å². The molecule has 1 aliphatic rings. The van der Waals surface area contributed by atoms with Gasteiger partial charge in [-0.3, -0.25) is 4.79 Å². The van der Waals surface area contributed by atoms with Crippen LogP contribution >= 0.6 is 22.9 Å². The fourth-order valence-corrected chi connectivity index (χ4v) is 5.86. The van der Waals surface area contributed by atoms with Gasteiger partial charge in [0.1, 0.15) is 4.21 Å². The van der Waals surface area contributed by atoms with E-state index >= 15 is 0 Å². The molecular weight excluding hydrogens is 380 g/mol. The molecule has 3 rings (SSSR count). The third kappa shape index (κ3) is 4.23. The highest BCUT2D eigenvalue weighted by atomic mass is 35.5. The average molecular weight is 399 g/mol. The van der Waals surface area contributed by atoms with Crippen LogP contribution in [0.2, 0.25) is 5.02 Å². The van der Waals surface area contributed by atoms with Gasteiger partial charge in [0.2, 0.25) is 0 Å². The molecule has 1 amide bonds. The smallest absolute Gasteiger partial charge is 0.261 e. The van der Waals surface area contributed by atoms with Crippen molar-refractivity contribution in [1.29, 1.82) is 0 Å². The van der Waals surface area contributed by atoms with E-state index in [0.29, 0.717) is 36.0 Å². The van der Waals surface area contributed by atoms with Gasteiger partial charge in [-0.15, -0.1) is 11.3 Å². The zero-order valence-corrected chi connectivity index (χ0v) is 16.0. The molecule has 0 aliphatic carbocycles. The topological polar surface area (TPSA) is 66.5 Å². The Bertz CT molecular complexity index is 858. The molecule has 0 atom stereocenters. The molecule has 0 radical (unpaired) electrons. The van der Waals surface area contributed by atoms with Gasteiger partial charge in [0.05, 0.1) is 4.88 Å². The van der Waals surface area contributed by atoms with Crippen LogP contribution in [0.5, 0.6) is 0 Å². The zero-order valence-electron chi connectivity index (χ0n) is 13.6. The van der Waals surface area contributed by atoms with Crippen LogP contribution in [0, 0.1) is 0 Å². The van der Waals surface area contributed by atoms with Crippen molar-refractivity contribution in [2.24, 2.45) is 0 Å². The van der Waals surface area contributed by atoms with Crippen molar-refractivity contribution in [1.82, 2.24) is 9.62 Å². The van der Waals surface area contributed by atoms with Gasteiger partial charge in [-0.1, -0.05) is 29.8 Å². The van der Waals surface area contributed by atoms with Crippen LogP contribution in [0.1, 0.15) is 28.1 Å². The maximum absolute atomic E-state index is 12.5. The molecule has 1 saturated heterocycles. The van der Waals surface area contributed by atoms with Gasteiger partial charge in [-0.05, 0) is 43.0 Å². The lowest BCUT2D eigenvalue weighted by Gasteiger charge is -2.13. The van der Waals surface area contributed by atoms with Crippen molar-refractivity contribution in [3.63, 3.8) is 0 Å². The number of carbonyl (C=O) groups is 1. The maximum Gasteiger partial charge on any atom is 0.261 e. The highest BCUT2D eigenvalue weighted by Crippen LogP contribution is 2.27. The zero-order chi connectivity index (χ0) is 17.9. The van der Waals surface area contributed by atoms with Gasteiger partial charge in [0, 0.05) is 24.7 Å². The summed E-state index contributed by atoms with van der Waals surface area (Å²) in [4.78, 5) is 12.6. The number of sulfonamides is 1. The Morgan fingerprint density at radius 1 is 1.16 bits per heavy atom. The SMILES string of the molecule is O=C(NCCc1ccccc1Cl)c1ccc(S(=O)(=O)N2CCCC2)s1. The lowest BCUT2D eigenvalue weighted by Crippen LogP contribution is -2.27. The van der Waals surface area contributed by atoms with E-state index in [4.69, 9.17) is 11.6 Å². The predicted octanol–water partition coefficient (Wildman–Crippen LogP) is 3.16. The molecule has 25 heavy (non-hydrogen) atoms. The van der Waals surface area contributed by atoms with Crippen LogP contribution in [0.15, 0.2) is 40.6 Å². The summed E-state index contributed by atoms with van der Waals surface area (Å²) >= 11 is 7.11. The predicted molar refractivity (Wildman–Crippen MR) is 99.8 cm³/mol. The first-order valence-corrected chi connectivity index (χ1v) is 10.7. The van der Waals surface area contributed by atoms with Crippen molar-refractivity contribution in [3.8, 4) is 0 Å². The molecule has 0 bridgehead atoms. The monoisotopic (exact) mass is 398 g/mol. The molecule has 8 heteroatoms. The molecule has 134 valence electrons. The summed E-state index contributed by atoms with van der Waals surface area (Å²) in [7, 11) is -3.47. The van der Waals surface area contributed by atoms with E-state index in [1.54, 1.807) is 6.07 Å². The fraction of sp³-hybridized carbons (Fsp3) is 0.353. The molecule has 5 nitrogen and oxygen atoms in total. The van der Waals surface area contributed by atoms with Crippen LogP contribution in [0.4, 0.5) is 0 Å². The van der Waals surface area contributed by atoms with Gasteiger partial charge < -0.3 is 5.32 Å². The number of hydrogen-bond acceptors (Lipinski definition) is 4. The Morgan fingerprint density at radius 3 is 2.60 bits per heavy atom. The number of halogens is 1. The van der Waals surface area contributed by atoms with Crippen LogP contribution in [-0.4, -0.2) is 38.3 Å². The standard InChI is InChI=1S/C17H19ClN2O3S2/c18-14-6-2-1-5-13(14)9-10-19-17(21)15-7-8-16(24-15)25(22,23)20-11-3-4-12-20/h1-2,5-8H,3-4,9-12H2,(H,19,21). The first-order valence-electron chi connectivity index (χ1n) is 8.10. The third-order valence-electron chi connectivity index (χ3n) is 4.10. The minimum atomic E-state index is -3.47. The molecule has 0 unspecified atom stereocenters. The molecule has 1 aromatic heterocycles. The summed E-state index contributed by atoms with van der Waals surface area (Å²) < 4.78 is 26.7. The van der Waals surface area contributed by atoms with Crippen molar-refractivity contribution < 1.29 is 13.2 Å². The molecule has 1 fully saturated rings. The number of nitrogens with one attached hydrogen (secondary N) is 1. The van der Waals surface area contributed by atoms with E-state index < -0.39 is 10.0 Å². The second-order valence-electron chi connectivity index (χ2n) is 5.83. The summed E-state index contributed by atoms with van der Waals surface area (Å²) in [5.41, 5.74) is 0.966. The van der Waals surface area contributed by atoms with Crippen molar-refractivity contribution in [2.75, 3.05) is 19.6 Å². The molecule has 1 N–H and O–H groups in total. The Balaban J connectivity index is 1.60. The van der Waals surface area contributed by atoms with Crippen LogP contribution in [0.25, 0.3) is 0 Å². The highest BCUT2D eigenvalue weighted by Gasteiger charge is 2.29. The molecule has 0 spiro atoms. The number of benzene rings is 1. The quantitative estimate of drug-likeness (QED) is 0.812. The number of nitrogens with zero attached hydrogens (tertiary/aromatic N) is 1. The Hall–Kier alpha value is -1.41. The van der Waals surface area contributed by atoms with Crippen molar-refractivity contribution in [2.45, 2.75) is 23.5 Å². The maximum atomic E-state index is 12.5. The highest BCUT2D eigenvalue weighted by molar-refractivity contribution is 7.91. The molecule has 1 aromatic carbocycles. The van der Waals surface area contributed by atoms with Crippen LogP contribution in [0.3, 0.4) is 0 Å². The second-order valence-corrected chi connectivity index (χ2v) is 9.48. The lowest BCUT2D eigenvalue weighted by molar-refractivity contribution is 0.0958. The number of rotatable bonds is 6. The number of thiophene rings is 1. The lowest BCUT2D eigenvalue weighted by atomic mass is 10.1. The fourth-order valence-electron chi connectivity index (χ4n) is 2.74. The Kier molecular flexibility index (Phi) is 5.78. The largest absolute Gasteiger partial charge is 0.351 e. The number of carbonyl (C=O) groups excluding carboxylic acids is 1. The first-order chi connectivity index (χ1) is 12.0. The molecule has 0 saturated carbocycles. The second kappa shape index (κ2) is 7.86. The van der Waals surface area contributed by atoms with E-state index in [1.807, 2.05) is 24.3 Å². The minimum Gasteiger partial charge on any atom is -0.351 e. The van der Waals surface area contributed by atoms with E-state index in [2.05, 4.69) is 5.32 Å². The van der Waals surface area contributed by atoms with E-state index in [0.717, 1.165) is 29.7 Å². The van der Waals surface area contributed by atoms with Gasteiger partial charge >= 0.3 is 0 Å². The first kappa shape index (κ1) is 18.4. The Morgan fingerprint density at radius 2 is 1.88 bits per heavy atom. The minimum absolute atomic E-state index is 0.227. The molecule has 1 aliphatic heterocycles. The summed E-state index contributed by atoms with van der Waals surface area (Å²) in [5, 5.41) is 3.49. The molecular formula is C17H19ClN2O3S2. The van der Waals surface area contributed by atoms with Gasteiger partial charge in [0.15, 0.2) is 0 Å². The van der Waals surface area contributed by atoms with E-state index in [9.17, 15) is 13.2 Å². The number of hydrogen-bond donors (Lipinski definition) is 1. The molecule has 2 heterocycles. The average Bonchev–Trinajstić information content (AvgIpc) is 3.29. The van der Waals surface area contributed by atoms with Gasteiger partial charge in [-0.25, -0.2) is 8.42 Å². The molecule has 2 aromatic rings. The number of amides is 1. The summed E-state index contributed by atoms with van der Waals surface area (Å²) in [6, 6.07) is 10.6. The summed E-state index contributed by atoms with van der Waals surface area (Å²) in [6.45, 7) is 1.55. The normalized spacial score (nSPS) is 15.4. The third-order valence-corrected chi connectivity index (χ3v) is 7.92. The summed E-state index contributed by atoms with van der Waals surface area (Å²) in [5.74, 6) is -0.264.